The molecule has 0 bridgehead atoms. The lowest BCUT2D eigenvalue weighted by Crippen LogP contribution is -2.41. The minimum absolute atomic E-state index is 0.0656. The topological polar surface area (TPSA) is 38.8 Å². The van der Waals surface area contributed by atoms with Crippen molar-refractivity contribution in [3.05, 3.63) is 23.8 Å². The number of piperidine rings is 1. The molecular weight excluding hydrogens is 302 g/mol. The lowest BCUT2D eigenvalue weighted by atomic mass is 9.90. The molecule has 3 rings (SSSR count). The van der Waals surface area contributed by atoms with Gasteiger partial charge in [-0.3, -0.25) is 4.79 Å². The molecule has 0 unspecified atom stereocenters. The second kappa shape index (κ2) is 6.78. The van der Waals surface area contributed by atoms with Gasteiger partial charge < -0.3 is 14.4 Å². The highest BCUT2D eigenvalue weighted by Crippen LogP contribution is 2.33. The predicted octanol–water partition coefficient (Wildman–Crippen LogP) is 3.21. The van der Waals surface area contributed by atoms with Crippen molar-refractivity contribution < 1.29 is 14.3 Å². The van der Waals surface area contributed by atoms with Gasteiger partial charge in [0, 0.05) is 13.1 Å². The Balaban J connectivity index is 1.46. The average Bonchev–Trinajstić information content (AvgIpc) is 3.00. The number of ether oxygens (including phenoxy) is 2. The largest absolute Gasteiger partial charge is 0.454 e. The molecule has 0 N–H and O–H groups in total. The van der Waals surface area contributed by atoms with Crippen molar-refractivity contribution in [2.24, 2.45) is 5.92 Å². The molecule has 2 heterocycles. The summed E-state index contributed by atoms with van der Waals surface area (Å²) in [6, 6.07) is 6.18. The first-order chi connectivity index (χ1) is 10.6. The Morgan fingerprint density at radius 2 is 2.05 bits per heavy atom. The fourth-order valence-electron chi connectivity index (χ4n) is 3.16. The van der Waals surface area contributed by atoms with Crippen molar-refractivity contribution in [1.29, 1.82) is 0 Å². The van der Waals surface area contributed by atoms with Crippen LogP contribution in [0.5, 0.6) is 11.5 Å². The number of nitrogens with zero attached hydrogens (tertiary/aromatic N) is 1. The first-order valence-corrected chi connectivity index (χ1v) is 8.38. The lowest BCUT2D eigenvalue weighted by Gasteiger charge is -2.32. The first kappa shape index (κ1) is 15.5. The quantitative estimate of drug-likeness (QED) is 0.799. The van der Waals surface area contributed by atoms with Gasteiger partial charge in [-0.2, -0.15) is 0 Å². The van der Waals surface area contributed by atoms with Crippen LogP contribution < -0.4 is 9.47 Å². The number of hydrogen-bond acceptors (Lipinski definition) is 3. The number of carbonyl (C=O) groups excluding carboxylic acids is 1. The van der Waals surface area contributed by atoms with Crippen LogP contribution in [-0.4, -0.2) is 36.1 Å². The highest BCUT2D eigenvalue weighted by molar-refractivity contribution is 6.30. The molecule has 5 heteroatoms. The molecule has 0 aliphatic carbocycles. The Kier molecular flexibility index (Phi) is 4.77. The van der Waals surface area contributed by atoms with Gasteiger partial charge >= 0.3 is 0 Å². The minimum atomic E-state index is -0.412. The summed E-state index contributed by atoms with van der Waals surface area (Å²) in [6.45, 7) is 3.74. The third-order valence-corrected chi connectivity index (χ3v) is 4.73. The van der Waals surface area contributed by atoms with Crippen LogP contribution in [0.25, 0.3) is 0 Å². The highest BCUT2D eigenvalue weighted by atomic mass is 35.5. The number of fused-ring (bicyclic) bond motifs is 1. The molecule has 0 saturated carbocycles. The van der Waals surface area contributed by atoms with Crippen molar-refractivity contribution in [2.75, 3.05) is 19.9 Å². The Bertz CT molecular complexity index is 539. The molecule has 1 amide bonds. The molecule has 1 aromatic carbocycles. The molecule has 1 atom stereocenters. The maximum Gasteiger partial charge on any atom is 0.240 e. The number of benzene rings is 1. The van der Waals surface area contributed by atoms with Gasteiger partial charge in [-0.05, 0) is 56.2 Å². The van der Waals surface area contributed by atoms with Crippen LogP contribution in [-0.2, 0) is 11.2 Å². The van der Waals surface area contributed by atoms with Gasteiger partial charge in [0.15, 0.2) is 11.5 Å². The Morgan fingerprint density at radius 3 is 2.77 bits per heavy atom. The van der Waals surface area contributed by atoms with E-state index in [0.717, 1.165) is 50.3 Å². The van der Waals surface area contributed by atoms with Crippen LogP contribution in [0, 0.1) is 5.92 Å². The van der Waals surface area contributed by atoms with Gasteiger partial charge in [-0.25, -0.2) is 0 Å². The van der Waals surface area contributed by atoms with Crippen molar-refractivity contribution in [3.63, 3.8) is 0 Å². The van der Waals surface area contributed by atoms with E-state index in [1.807, 2.05) is 11.0 Å². The Morgan fingerprint density at radius 1 is 1.32 bits per heavy atom. The van der Waals surface area contributed by atoms with E-state index in [1.165, 1.54) is 5.56 Å². The molecule has 0 radical (unpaired) electrons. The van der Waals surface area contributed by atoms with E-state index in [9.17, 15) is 4.79 Å². The zero-order valence-corrected chi connectivity index (χ0v) is 13.6. The number of rotatable bonds is 4. The molecule has 2 aliphatic rings. The second-order valence-electron chi connectivity index (χ2n) is 6.11. The van der Waals surface area contributed by atoms with E-state index in [1.54, 1.807) is 6.92 Å². The number of amides is 1. The maximum absolute atomic E-state index is 11.9. The van der Waals surface area contributed by atoms with E-state index in [2.05, 4.69) is 12.1 Å². The summed E-state index contributed by atoms with van der Waals surface area (Å²) in [4.78, 5) is 13.8. The molecule has 2 aliphatic heterocycles. The SMILES string of the molecule is C[C@@H](Cl)C(=O)N1CCC(CCc2ccc3c(c2)OCO3)CC1. The monoisotopic (exact) mass is 323 g/mol. The normalized spacial score (nSPS) is 19.3. The van der Waals surface area contributed by atoms with Crippen LogP contribution in [0.2, 0.25) is 0 Å². The number of carbonyl (C=O) groups is 1. The number of halogens is 1. The van der Waals surface area contributed by atoms with Crippen LogP contribution in [0.3, 0.4) is 0 Å². The summed E-state index contributed by atoms with van der Waals surface area (Å²) < 4.78 is 10.7. The molecule has 22 heavy (non-hydrogen) atoms. The van der Waals surface area contributed by atoms with Crippen LogP contribution in [0.4, 0.5) is 0 Å². The molecule has 1 saturated heterocycles. The summed E-state index contributed by atoms with van der Waals surface area (Å²) in [7, 11) is 0. The Labute approximate surface area is 136 Å². The molecule has 120 valence electrons. The van der Waals surface area contributed by atoms with Crippen LogP contribution >= 0.6 is 11.6 Å². The van der Waals surface area contributed by atoms with E-state index in [-0.39, 0.29) is 5.91 Å². The van der Waals surface area contributed by atoms with Gasteiger partial charge in [0.2, 0.25) is 12.7 Å². The minimum Gasteiger partial charge on any atom is -0.454 e. The number of likely N-dealkylation sites (tertiary alicyclic amines) is 1. The van der Waals surface area contributed by atoms with Gasteiger partial charge in [0.05, 0.1) is 0 Å². The van der Waals surface area contributed by atoms with Crippen molar-refractivity contribution in [1.82, 2.24) is 4.90 Å². The van der Waals surface area contributed by atoms with Gasteiger partial charge in [0.25, 0.3) is 0 Å². The summed E-state index contributed by atoms with van der Waals surface area (Å²) >= 11 is 5.87. The fraction of sp³-hybridized carbons (Fsp3) is 0.588. The number of alkyl halides is 1. The van der Waals surface area contributed by atoms with E-state index in [0.29, 0.717) is 12.7 Å². The van der Waals surface area contributed by atoms with E-state index >= 15 is 0 Å². The zero-order valence-electron chi connectivity index (χ0n) is 12.9. The number of aryl methyl sites for hydroxylation is 1. The molecule has 1 aromatic rings. The van der Waals surface area contributed by atoms with Crippen molar-refractivity contribution in [2.45, 2.75) is 38.0 Å². The Hall–Kier alpha value is -1.42. The van der Waals surface area contributed by atoms with Crippen molar-refractivity contribution in [3.8, 4) is 11.5 Å². The standard InChI is InChI=1S/C17H22ClNO3/c1-12(18)17(20)19-8-6-13(7-9-19)2-3-14-4-5-15-16(10-14)22-11-21-15/h4-5,10,12-13H,2-3,6-9,11H2,1H3/t12-/m1/s1. The second-order valence-corrected chi connectivity index (χ2v) is 6.77. The van der Waals surface area contributed by atoms with Crippen LogP contribution in [0.15, 0.2) is 18.2 Å². The predicted molar refractivity (Wildman–Crippen MR) is 85.5 cm³/mol. The van der Waals surface area contributed by atoms with Gasteiger partial charge in [0.1, 0.15) is 5.38 Å². The average molecular weight is 324 g/mol. The molecular formula is C17H22ClNO3. The maximum atomic E-state index is 11.9. The number of hydrogen-bond donors (Lipinski definition) is 0. The van der Waals surface area contributed by atoms with Crippen LogP contribution in [0.1, 0.15) is 31.7 Å². The lowest BCUT2D eigenvalue weighted by molar-refractivity contribution is -0.131. The highest BCUT2D eigenvalue weighted by Gasteiger charge is 2.25. The first-order valence-electron chi connectivity index (χ1n) is 7.95. The zero-order chi connectivity index (χ0) is 15.5. The summed E-state index contributed by atoms with van der Waals surface area (Å²) in [5.41, 5.74) is 1.29. The smallest absolute Gasteiger partial charge is 0.240 e. The third kappa shape index (κ3) is 3.49. The van der Waals surface area contributed by atoms with Crippen molar-refractivity contribution >= 4 is 17.5 Å². The third-order valence-electron chi connectivity index (χ3n) is 4.54. The molecule has 0 aromatic heterocycles. The molecule has 4 nitrogen and oxygen atoms in total. The van der Waals surface area contributed by atoms with Gasteiger partial charge in [-0.1, -0.05) is 6.07 Å². The molecule has 1 fully saturated rings. The fourth-order valence-corrected chi connectivity index (χ4v) is 3.30. The van der Waals surface area contributed by atoms with E-state index < -0.39 is 5.38 Å². The summed E-state index contributed by atoms with van der Waals surface area (Å²) in [6.07, 6.45) is 4.33. The van der Waals surface area contributed by atoms with E-state index in [4.69, 9.17) is 21.1 Å². The summed E-state index contributed by atoms with van der Waals surface area (Å²) in [5, 5.41) is -0.412. The summed E-state index contributed by atoms with van der Waals surface area (Å²) in [5.74, 6) is 2.44. The molecule has 0 spiro atoms. The van der Waals surface area contributed by atoms with Gasteiger partial charge in [-0.15, -0.1) is 11.6 Å².